The first-order chi connectivity index (χ1) is 8.56. The third kappa shape index (κ3) is 3.51. The fraction of sp³-hybridized carbons (Fsp3) is 0.571. The van der Waals surface area contributed by atoms with Crippen LogP contribution in [-0.4, -0.2) is 38.6 Å². The molecular weight excluding hydrogens is 337 g/mol. The first-order valence-electron chi connectivity index (χ1n) is 6.51. The van der Waals surface area contributed by atoms with Crippen LogP contribution >= 0.6 is 22.6 Å². The molecule has 0 aliphatic carbocycles. The van der Waals surface area contributed by atoms with E-state index in [0.717, 1.165) is 24.7 Å². The third-order valence-electron chi connectivity index (χ3n) is 3.57. The molecule has 0 aromatic heterocycles. The van der Waals surface area contributed by atoms with Crippen LogP contribution in [0.2, 0.25) is 0 Å². The number of halogens is 1. The highest BCUT2D eigenvalue weighted by Gasteiger charge is 2.20. The van der Waals surface area contributed by atoms with Gasteiger partial charge in [0, 0.05) is 23.2 Å². The molecule has 0 unspecified atom stereocenters. The highest BCUT2D eigenvalue weighted by molar-refractivity contribution is 14.1. The Kier molecular flexibility index (Phi) is 4.72. The number of nitrogens with zero attached hydrogens (tertiary/aromatic N) is 2. The third-order valence-corrected chi connectivity index (χ3v) is 4.24. The topological polar surface area (TPSA) is 32.5 Å². The summed E-state index contributed by atoms with van der Waals surface area (Å²) >= 11 is 2.31. The Morgan fingerprint density at radius 1 is 1.33 bits per heavy atom. The lowest BCUT2D eigenvalue weighted by molar-refractivity contribution is 0.285. The molecule has 1 aromatic rings. The van der Waals surface area contributed by atoms with E-state index in [1.54, 1.807) is 0 Å². The molecule has 0 saturated carbocycles. The highest BCUT2D eigenvalue weighted by Crippen LogP contribution is 2.29. The average Bonchev–Trinajstić information content (AvgIpc) is 2.30. The Balaban J connectivity index is 1.97. The molecule has 0 spiro atoms. The van der Waals surface area contributed by atoms with Gasteiger partial charge in [0.15, 0.2) is 0 Å². The molecule has 1 aliphatic rings. The molecule has 0 amide bonds. The van der Waals surface area contributed by atoms with Crippen LogP contribution in [0.3, 0.4) is 0 Å². The van der Waals surface area contributed by atoms with Crippen molar-refractivity contribution in [1.29, 1.82) is 0 Å². The van der Waals surface area contributed by atoms with E-state index in [4.69, 9.17) is 5.73 Å². The van der Waals surface area contributed by atoms with Crippen LogP contribution in [0.1, 0.15) is 12.8 Å². The zero-order chi connectivity index (χ0) is 13.1. The quantitative estimate of drug-likeness (QED) is 0.665. The molecule has 3 nitrogen and oxygen atoms in total. The maximum absolute atomic E-state index is 6.11. The Morgan fingerprint density at radius 3 is 2.56 bits per heavy atom. The first kappa shape index (κ1) is 13.9. The highest BCUT2D eigenvalue weighted by atomic mass is 127. The predicted octanol–water partition coefficient (Wildman–Crippen LogP) is 2.65. The van der Waals surface area contributed by atoms with Crippen LogP contribution in [0.5, 0.6) is 0 Å². The smallest absolute Gasteiger partial charge is 0.0600 e. The summed E-state index contributed by atoms with van der Waals surface area (Å²) in [4.78, 5) is 4.72. The molecule has 1 aromatic carbocycles. The van der Waals surface area contributed by atoms with Gasteiger partial charge in [-0.2, -0.15) is 0 Å². The van der Waals surface area contributed by atoms with E-state index >= 15 is 0 Å². The van der Waals surface area contributed by atoms with Crippen molar-refractivity contribution in [2.24, 2.45) is 5.92 Å². The van der Waals surface area contributed by atoms with Crippen molar-refractivity contribution < 1.29 is 0 Å². The second-order valence-corrected chi connectivity index (χ2v) is 6.64. The lowest BCUT2D eigenvalue weighted by Crippen LogP contribution is -2.37. The van der Waals surface area contributed by atoms with Crippen molar-refractivity contribution in [1.82, 2.24) is 4.90 Å². The van der Waals surface area contributed by atoms with Crippen LogP contribution < -0.4 is 10.6 Å². The van der Waals surface area contributed by atoms with Crippen LogP contribution in [0.15, 0.2) is 18.2 Å². The molecule has 18 heavy (non-hydrogen) atoms. The van der Waals surface area contributed by atoms with Gasteiger partial charge in [0.2, 0.25) is 0 Å². The van der Waals surface area contributed by atoms with Crippen LogP contribution in [0.25, 0.3) is 0 Å². The van der Waals surface area contributed by atoms with Crippen LogP contribution in [-0.2, 0) is 0 Å². The van der Waals surface area contributed by atoms with Crippen molar-refractivity contribution in [3.05, 3.63) is 21.8 Å². The molecule has 0 radical (unpaired) electrons. The molecule has 1 saturated heterocycles. The number of nitrogens with two attached hydrogens (primary N) is 1. The summed E-state index contributed by atoms with van der Waals surface area (Å²) in [5.41, 5.74) is 8.23. The Morgan fingerprint density at radius 2 is 2.00 bits per heavy atom. The number of benzene rings is 1. The molecule has 0 bridgehead atoms. The summed E-state index contributed by atoms with van der Waals surface area (Å²) in [6.07, 6.45) is 2.53. The average molecular weight is 359 g/mol. The van der Waals surface area contributed by atoms with Gasteiger partial charge in [-0.1, -0.05) is 0 Å². The molecule has 1 aliphatic heterocycles. The minimum absolute atomic E-state index is 0.835. The maximum atomic E-state index is 6.11. The molecule has 1 heterocycles. The lowest BCUT2D eigenvalue weighted by Gasteiger charge is -2.35. The van der Waals surface area contributed by atoms with Crippen molar-refractivity contribution in [3.63, 3.8) is 0 Å². The number of rotatable bonds is 3. The largest absolute Gasteiger partial charge is 0.397 e. The van der Waals surface area contributed by atoms with E-state index in [2.05, 4.69) is 64.7 Å². The summed E-state index contributed by atoms with van der Waals surface area (Å²) in [5, 5.41) is 0. The van der Waals surface area contributed by atoms with E-state index < -0.39 is 0 Å². The van der Waals surface area contributed by atoms with Crippen LogP contribution in [0, 0.1) is 9.49 Å². The normalized spacial score (nSPS) is 17.4. The second-order valence-electron chi connectivity index (χ2n) is 5.40. The summed E-state index contributed by atoms with van der Waals surface area (Å²) in [6, 6.07) is 6.35. The summed E-state index contributed by atoms with van der Waals surface area (Å²) in [7, 11) is 4.31. The van der Waals surface area contributed by atoms with Gasteiger partial charge in [-0.05, 0) is 73.6 Å². The summed E-state index contributed by atoms with van der Waals surface area (Å²) in [5.74, 6) is 0.835. The summed E-state index contributed by atoms with van der Waals surface area (Å²) in [6.45, 7) is 3.46. The predicted molar refractivity (Wildman–Crippen MR) is 87.1 cm³/mol. The van der Waals surface area contributed by atoms with Crippen molar-refractivity contribution >= 4 is 34.0 Å². The van der Waals surface area contributed by atoms with Gasteiger partial charge in [-0.15, -0.1) is 0 Å². The molecule has 2 rings (SSSR count). The number of piperidine rings is 1. The minimum Gasteiger partial charge on any atom is -0.397 e. The van der Waals surface area contributed by atoms with Gasteiger partial charge >= 0.3 is 0 Å². The standard InChI is InChI=1S/C14H22IN3/c1-17(2)10-11-5-7-18(8-6-11)14-4-3-12(15)9-13(14)16/h3-4,9,11H,5-8,10,16H2,1-2H3. The number of anilines is 2. The fourth-order valence-electron chi connectivity index (χ4n) is 2.69. The van der Waals surface area contributed by atoms with Gasteiger partial charge in [0.1, 0.15) is 0 Å². The first-order valence-corrected chi connectivity index (χ1v) is 7.59. The Labute approximate surface area is 123 Å². The molecular formula is C14H22IN3. The molecule has 0 atom stereocenters. The zero-order valence-electron chi connectivity index (χ0n) is 11.2. The lowest BCUT2D eigenvalue weighted by atomic mass is 9.96. The monoisotopic (exact) mass is 359 g/mol. The fourth-order valence-corrected chi connectivity index (χ4v) is 3.20. The Bertz CT molecular complexity index is 398. The van der Waals surface area contributed by atoms with Crippen molar-refractivity contribution in [2.75, 3.05) is 44.4 Å². The van der Waals surface area contributed by atoms with Gasteiger partial charge < -0.3 is 15.5 Å². The van der Waals surface area contributed by atoms with E-state index in [-0.39, 0.29) is 0 Å². The zero-order valence-corrected chi connectivity index (χ0v) is 13.4. The number of nitrogen functional groups attached to an aromatic ring is 1. The van der Waals surface area contributed by atoms with Gasteiger partial charge in [-0.25, -0.2) is 0 Å². The number of hydrogen-bond donors (Lipinski definition) is 1. The molecule has 2 N–H and O–H groups in total. The minimum atomic E-state index is 0.835. The molecule has 4 heteroatoms. The summed E-state index contributed by atoms with van der Waals surface area (Å²) < 4.78 is 1.20. The van der Waals surface area contributed by atoms with Gasteiger partial charge in [0.05, 0.1) is 11.4 Å². The van der Waals surface area contributed by atoms with E-state index in [9.17, 15) is 0 Å². The van der Waals surface area contributed by atoms with Crippen molar-refractivity contribution in [3.8, 4) is 0 Å². The molecule has 100 valence electrons. The van der Waals surface area contributed by atoms with Gasteiger partial charge in [-0.3, -0.25) is 0 Å². The van der Waals surface area contributed by atoms with Crippen molar-refractivity contribution in [2.45, 2.75) is 12.8 Å². The maximum Gasteiger partial charge on any atom is 0.0600 e. The Hall–Kier alpha value is -0.490. The second kappa shape index (κ2) is 6.10. The van der Waals surface area contributed by atoms with E-state index in [1.807, 2.05) is 0 Å². The van der Waals surface area contributed by atoms with E-state index in [0.29, 0.717) is 0 Å². The molecule has 1 fully saturated rings. The van der Waals surface area contributed by atoms with Gasteiger partial charge in [0.25, 0.3) is 0 Å². The van der Waals surface area contributed by atoms with E-state index in [1.165, 1.54) is 28.6 Å². The SMILES string of the molecule is CN(C)CC1CCN(c2ccc(I)cc2N)CC1. The number of hydrogen-bond acceptors (Lipinski definition) is 3. The van der Waals surface area contributed by atoms with Crippen LogP contribution in [0.4, 0.5) is 11.4 Å².